The number of nitrogens with zero attached hydrogens (tertiary/aromatic N) is 3. The Labute approximate surface area is 106 Å². The molecule has 0 saturated heterocycles. The Kier molecular flexibility index (Phi) is 3.80. The highest BCUT2D eigenvalue weighted by Gasteiger charge is 2.30. The van der Waals surface area contributed by atoms with E-state index in [1.165, 1.54) is 0 Å². The van der Waals surface area contributed by atoms with Crippen molar-refractivity contribution in [2.45, 2.75) is 25.8 Å². The monoisotopic (exact) mass is 241 g/mol. The van der Waals surface area contributed by atoms with Gasteiger partial charge >= 0.3 is 0 Å². The Hall–Kier alpha value is -2.06. The molecule has 0 amide bonds. The van der Waals surface area contributed by atoms with E-state index in [4.69, 9.17) is 5.53 Å². The summed E-state index contributed by atoms with van der Waals surface area (Å²) in [5, 5.41) is 3.78. The molecule has 0 radical (unpaired) electrons. The van der Waals surface area contributed by atoms with E-state index in [0.29, 0.717) is 12.0 Å². The minimum Gasteiger partial charge on any atom is -0.295 e. The molecule has 1 saturated carbocycles. The molecule has 0 aromatic heterocycles. The van der Waals surface area contributed by atoms with Gasteiger partial charge < -0.3 is 0 Å². The van der Waals surface area contributed by atoms with Crippen molar-refractivity contribution in [3.05, 3.63) is 51.9 Å². The molecule has 2 atom stereocenters. The number of hydrogen-bond donors (Lipinski definition) is 0. The van der Waals surface area contributed by atoms with E-state index in [2.05, 4.69) is 10.0 Å². The summed E-state index contributed by atoms with van der Waals surface area (Å²) in [6.07, 6.45) is 3.17. The highest BCUT2D eigenvalue weighted by Crippen LogP contribution is 2.30. The Balaban J connectivity index is 2.40. The van der Waals surface area contributed by atoms with Crippen LogP contribution in [0.4, 0.5) is 0 Å². The average molecular weight is 241 g/mol. The standard InChI is InChI=1S/C14H15N3O/c1-10-7-8-13(18)12(14(10)16-17-15)9-11-5-3-2-4-6-11/h2-6,9-10,14H,7-8H2,1H3. The highest BCUT2D eigenvalue weighted by atomic mass is 16.1. The van der Waals surface area contributed by atoms with Crippen LogP contribution < -0.4 is 0 Å². The number of Topliss-reactive ketones (excluding diaryl/α,β-unsaturated/α-hetero) is 1. The van der Waals surface area contributed by atoms with Gasteiger partial charge in [0.25, 0.3) is 0 Å². The number of ketones is 1. The Morgan fingerprint density at radius 3 is 2.78 bits per heavy atom. The van der Waals surface area contributed by atoms with Crippen LogP contribution in [0, 0.1) is 5.92 Å². The summed E-state index contributed by atoms with van der Waals surface area (Å²) >= 11 is 0. The lowest BCUT2D eigenvalue weighted by molar-refractivity contribution is -0.117. The van der Waals surface area contributed by atoms with Crippen LogP contribution in [0.1, 0.15) is 25.3 Å². The van der Waals surface area contributed by atoms with Crippen molar-refractivity contribution in [2.75, 3.05) is 0 Å². The zero-order valence-electron chi connectivity index (χ0n) is 10.3. The average Bonchev–Trinajstić information content (AvgIpc) is 2.39. The molecule has 1 aromatic carbocycles. The van der Waals surface area contributed by atoms with Crippen molar-refractivity contribution >= 4 is 11.9 Å². The molecule has 1 aromatic rings. The topological polar surface area (TPSA) is 65.8 Å². The van der Waals surface area contributed by atoms with Crippen LogP contribution in [0.25, 0.3) is 16.5 Å². The van der Waals surface area contributed by atoms with E-state index in [1.807, 2.05) is 43.3 Å². The molecule has 0 spiro atoms. The summed E-state index contributed by atoms with van der Waals surface area (Å²) in [5.41, 5.74) is 10.2. The van der Waals surface area contributed by atoms with Gasteiger partial charge in [0.1, 0.15) is 0 Å². The number of carbonyl (C=O) groups is 1. The third-order valence-corrected chi connectivity index (χ3v) is 3.30. The maximum Gasteiger partial charge on any atom is 0.159 e. The minimum atomic E-state index is -0.337. The molecule has 1 aliphatic rings. The molecule has 18 heavy (non-hydrogen) atoms. The van der Waals surface area contributed by atoms with Gasteiger partial charge in [-0.15, -0.1) is 0 Å². The molecular weight excluding hydrogens is 226 g/mol. The summed E-state index contributed by atoms with van der Waals surface area (Å²) in [7, 11) is 0. The van der Waals surface area contributed by atoms with E-state index in [1.54, 1.807) is 0 Å². The van der Waals surface area contributed by atoms with Crippen molar-refractivity contribution in [3.8, 4) is 0 Å². The normalized spacial score (nSPS) is 25.8. The summed E-state index contributed by atoms with van der Waals surface area (Å²) in [6.45, 7) is 2.02. The second-order valence-electron chi connectivity index (χ2n) is 4.60. The minimum absolute atomic E-state index is 0.0920. The lowest BCUT2D eigenvalue weighted by Crippen LogP contribution is -2.29. The Morgan fingerprint density at radius 1 is 1.39 bits per heavy atom. The zero-order chi connectivity index (χ0) is 13.0. The first-order chi connectivity index (χ1) is 8.72. The number of rotatable bonds is 2. The van der Waals surface area contributed by atoms with E-state index in [-0.39, 0.29) is 17.7 Å². The van der Waals surface area contributed by atoms with Crippen LogP contribution in [-0.2, 0) is 4.79 Å². The van der Waals surface area contributed by atoms with Crippen LogP contribution in [0.15, 0.2) is 41.0 Å². The van der Waals surface area contributed by atoms with Gasteiger partial charge in [0.15, 0.2) is 5.78 Å². The van der Waals surface area contributed by atoms with Gasteiger partial charge in [-0.2, -0.15) is 0 Å². The molecule has 0 bridgehead atoms. The van der Waals surface area contributed by atoms with Crippen molar-refractivity contribution in [1.82, 2.24) is 0 Å². The first-order valence-electron chi connectivity index (χ1n) is 6.06. The van der Waals surface area contributed by atoms with Crippen LogP contribution in [0.2, 0.25) is 0 Å². The molecule has 4 nitrogen and oxygen atoms in total. The lowest BCUT2D eigenvalue weighted by atomic mass is 9.81. The number of benzene rings is 1. The van der Waals surface area contributed by atoms with Crippen molar-refractivity contribution < 1.29 is 4.79 Å². The van der Waals surface area contributed by atoms with Gasteiger partial charge in [-0.25, -0.2) is 0 Å². The van der Waals surface area contributed by atoms with Crippen LogP contribution >= 0.6 is 0 Å². The third-order valence-electron chi connectivity index (χ3n) is 3.30. The molecule has 92 valence electrons. The largest absolute Gasteiger partial charge is 0.295 e. The quantitative estimate of drug-likeness (QED) is 0.336. The summed E-state index contributed by atoms with van der Waals surface area (Å²) in [5.74, 6) is 0.308. The van der Waals surface area contributed by atoms with Crippen LogP contribution in [0.5, 0.6) is 0 Å². The number of carbonyl (C=O) groups excluding carboxylic acids is 1. The molecule has 0 N–H and O–H groups in total. The molecule has 0 aliphatic heterocycles. The molecular formula is C14H15N3O. The van der Waals surface area contributed by atoms with E-state index >= 15 is 0 Å². The lowest BCUT2D eigenvalue weighted by Gasteiger charge is -2.26. The summed E-state index contributed by atoms with van der Waals surface area (Å²) in [4.78, 5) is 14.8. The predicted octanol–water partition coefficient (Wildman–Crippen LogP) is 3.75. The molecule has 0 heterocycles. The fourth-order valence-corrected chi connectivity index (χ4v) is 2.26. The van der Waals surface area contributed by atoms with Gasteiger partial charge in [-0.3, -0.25) is 4.79 Å². The molecule has 4 heteroatoms. The fourth-order valence-electron chi connectivity index (χ4n) is 2.26. The van der Waals surface area contributed by atoms with Gasteiger partial charge in [0.2, 0.25) is 0 Å². The van der Waals surface area contributed by atoms with Gasteiger partial charge in [-0.1, -0.05) is 42.4 Å². The number of azide groups is 1. The Bertz CT molecular complexity index is 515. The maximum atomic E-state index is 12.0. The summed E-state index contributed by atoms with van der Waals surface area (Å²) in [6, 6.07) is 9.31. The van der Waals surface area contributed by atoms with E-state index in [9.17, 15) is 4.79 Å². The zero-order valence-corrected chi connectivity index (χ0v) is 10.3. The molecule has 1 fully saturated rings. The third kappa shape index (κ3) is 2.60. The second-order valence-corrected chi connectivity index (χ2v) is 4.60. The first kappa shape index (κ1) is 12.4. The summed E-state index contributed by atoms with van der Waals surface area (Å²) < 4.78 is 0. The molecule has 1 aliphatic carbocycles. The van der Waals surface area contributed by atoms with Gasteiger partial charge in [0.05, 0.1) is 6.04 Å². The van der Waals surface area contributed by atoms with Gasteiger partial charge in [-0.05, 0) is 29.5 Å². The first-order valence-corrected chi connectivity index (χ1v) is 6.06. The van der Waals surface area contributed by atoms with E-state index in [0.717, 1.165) is 12.0 Å². The molecule has 2 rings (SSSR count). The van der Waals surface area contributed by atoms with Crippen molar-refractivity contribution in [1.29, 1.82) is 0 Å². The predicted molar refractivity (Wildman–Crippen MR) is 70.8 cm³/mol. The van der Waals surface area contributed by atoms with Crippen LogP contribution in [0.3, 0.4) is 0 Å². The fraction of sp³-hybridized carbons (Fsp3) is 0.357. The SMILES string of the molecule is CC1CCC(=O)C(=Cc2ccccc2)C1N=[N+]=[N-]. The van der Waals surface area contributed by atoms with Crippen molar-refractivity contribution in [2.24, 2.45) is 11.0 Å². The van der Waals surface area contributed by atoms with Crippen LogP contribution in [-0.4, -0.2) is 11.8 Å². The molecule has 2 unspecified atom stereocenters. The smallest absolute Gasteiger partial charge is 0.159 e. The number of hydrogen-bond acceptors (Lipinski definition) is 2. The van der Waals surface area contributed by atoms with Gasteiger partial charge in [0, 0.05) is 16.9 Å². The van der Waals surface area contributed by atoms with Crippen molar-refractivity contribution in [3.63, 3.8) is 0 Å². The van der Waals surface area contributed by atoms with E-state index < -0.39 is 0 Å². The maximum absolute atomic E-state index is 12.0. The highest BCUT2D eigenvalue weighted by molar-refractivity contribution is 6.01. The second kappa shape index (κ2) is 5.52. The Morgan fingerprint density at radius 2 is 2.11 bits per heavy atom.